The summed E-state index contributed by atoms with van der Waals surface area (Å²) in [5.74, 6) is 7.11. The molecular formula is C18H14N2O6. The van der Waals surface area contributed by atoms with Crippen LogP contribution in [0.3, 0.4) is 0 Å². The fourth-order valence-electron chi connectivity index (χ4n) is 2.16. The summed E-state index contributed by atoms with van der Waals surface area (Å²) in [6.45, 7) is 0.500. The zero-order chi connectivity index (χ0) is 18.4. The highest BCUT2D eigenvalue weighted by atomic mass is 16.7. The van der Waals surface area contributed by atoms with E-state index in [4.69, 9.17) is 14.2 Å². The van der Waals surface area contributed by atoms with Gasteiger partial charge in [0, 0.05) is 23.8 Å². The number of rotatable bonds is 5. The Morgan fingerprint density at radius 2 is 1.92 bits per heavy atom. The SMILES string of the molecule is O=C(NCC#CCOc1ccc2c(c1)OCO2)c1ccc([N+](=O)[O-])cc1. The lowest BCUT2D eigenvalue weighted by atomic mass is 10.2. The van der Waals surface area contributed by atoms with Crippen LogP contribution in [0.25, 0.3) is 0 Å². The van der Waals surface area contributed by atoms with Gasteiger partial charge in [0.15, 0.2) is 11.5 Å². The van der Waals surface area contributed by atoms with Crippen molar-refractivity contribution in [1.82, 2.24) is 5.32 Å². The average molecular weight is 354 g/mol. The van der Waals surface area contributed by atoms with E-state index >= 15 is 0 Å². The second-order valence-electron chi connectivity index (χ2n) is 5.14. The molecule has 1 aliphatic heterocycles. The Labute approximate surface area is 148 Å². The van der Waals surface area contributed by atoms with E-state index in [1.165, 1.54) is 24.3 Å². The predicted octanol–water partition coefficient (Wildman–Crippen LogP) is 2.14. The zero-order valence-corrected chi connectivity index (χ0v) is 13.6. The maximum atomic E-state index is 11.9. The molecule has 2 aromatic carbocycles. The lowest BCUT2D eigenvalue weighted by Gasteiger charge is -2.03. The van der Waals surface area contributed by atoms with Crippen LogP contribution in [0.5, 0.6) is 17.2 Å². The van der Waals surface area contributed by atoms with Crippen LogP contribution in [0.4, 0.5) is 5.69 Å². The summed E-state index contributed by atoms with van der Waals surface area (Å²) in [4.78, 5) is 21.9. The Hall–Kier alpha value is -3.73. The number of amides is 1. The van der Waals surface area contributed by atoms with Crippen LogP contribution in [0, 0.1) is 22.0 Å². The van der Waals surface area contributed by atoms with Crippen LogP contribution in [-0.2, 0) is 0 Å². The molecule has 8 nitrogen and oxygen atoms in total. The Morgan fingerprint density at radius 3 is 2.69 bits per heavy atom. The minimum Gasteiger partial charge on any atom is -0.481 e. The van der Waals surface area contributed by atoms with Crippen LogP contribution >= 0.6 is 0 Å². The third kappa shape index (κ3) is 4.21. The summed E-state index contributed by atoms with van der Waals surface area (Å²) < 4.78 is 15.9. The van der Waals surface area contributed by atoms with Crippen LogP contribution < -0.4 is 19.5 Å². The molecule has 1 aliphatic rings. The molecule has 0 aromatic heterocycles. The van der Waals surface area contributed by atoms with E-state index in [0.717, 1.165) is 0 Å². The van der Waals surface area contributed by atoms with Crippen molar-refractivity contribution in [1.29, 1.82) is 0 Å². The number of carbonyl (C=O) groups excluding carboxylic acids is 1. The predicted molar refractivity (Wildman–Crippen MR) is 91.3 cm³/mol. The van der Waals surface area contributed by atoms with Crippen LogP contribution in [0.1, 0.15) is 10.4 Å². The first-order valence-electron chi connectivity index (χ1n) is 7.64. The second kappa shape index (κ2) is 7.90. The van der Waals surface area contributed by atoms with Gasteiger partial charge in [-0.2, -0.15) is 0 Å². The van der Waals surface area contributed by atoms with E-state index in [1.807, 2.05) is 0 Å². The molecule has 0 fully saturated rings. The number of hydrogen-bond acceptors (Lipinski definition) is 6. The Bertz CT molecular complexity index is 883. The third-order valence-electron chi connectivity index (χ3n) is 3.46. The molecule has 0 aliphatic carbocycles. The summed E-state index contributed by atoms with van der Waals surface area (Å²) in [6.07, 6.45) is 0. The Morgan fingerprint density at radius 1 is 1.15 bits per heavy atom. The first-order valence-corrected chi connectivity index (χ1v) is 7.64. The summed E-state index contributed by atoms with van der Waals surface area (Å²) in [5, 5.41) is 13.2. The third-order valence-corrected chi connectivity index (χ3v) is 3.46. The van der Waals surface area contributed by atoms with Gasteiger partial charge in [-0.1, -0.05) is 11.8 Å². The van der Waals surface area contributed by atoms with Crippen molar-refractivity contribution in [3.63, 3.8) is 0 Å². The Kier molecular flexibility index (Phi) is 5.19. The van der Waals surface area contributed by atoms with E-state index in [2.05, 4.69) is 17.2 Å². The van der Waals surface area contributed by atoms with Crippen molar-refractivity contribution in [3.05, 3.63) is 58.1 Å². The molecule has 0 bridgehead atoms. The second-order valence-corrected chi connectivity index (χ2v) is 5.14. The molecule has 3 rings (SSSR count). The molecule has 0 unspecified atom stereocenters. The largest absolute Gasteiger partial charge is 0.481 e. The lowest BCUT2D eigenvalue weighted by Crippen LogP contribution is -2.23. The van der Waals surface area contributed by atoms with Crippen LogP contribution in [0.15, 0.2) is 42.5 Å². The van der Waals surface area contributed by atoms with Gasteiger partial charge in [-0.15, -0.1) is 0 Å². The van der Waals surface area contributed by atoms with E-state index in [9.17, 15) is 14.9 Å². The first-order chi connectivity index (χ1) is 12.6. The minimum atomic E-state index is -0.521. The van der Waals surface area contributed by atoms with Gasteiger partial charge in [0.05, 0.1) is 11.5 Å². The fourth-order valence-corrected chi connectivity index (χ4v) is 2.16. The fraction of sp³-hybridized carbons (Fsp3) is 0.167. The first kappa shape index (κ1) is 17.1. The number of non-ortho nitro benzene ring substituents is 1. The van der Waals surface area contributed by atoms with Gasteiger partial charge in [0.25, 0.3) is 11.6 Å². The monoisotopic (exact) mass is 354 g/mol. The quantitative estimate of drug-likeness (QED) is 0.502. The van der Waals surface area contributed by atoms with Crippen molar-refractivity contribution < 1.29 is 23.9 Å². The van der Waals surface area contributed by atoms with E-state index in [1.54, 1.807) is 18.2 Å². The molecule has 26 heavy (non-hydrogen) atoms. The summed E-state index contributed by atoms with van der Waals surface area (Å²) >= 11 is 0. The van der Waals surface area contributed by atoms with Crippen molar-refractivity contribution in [3.8, 4) is 29.1 Å². The molecule has 132 valence electrons. The molecule has 0 spiro atoms. The van der Waals surface area contributed by atoms with E-state index in [0.29, 0.717) is 22.8 Å². The van der Waals surface area contributed by atoms with Gasteiger partial charge in [0.1, 0.15) is 12.4 Å². The molecule has 0 saturated heterocycles. The number of hydrogen-bond donors (Lipinski definition) is 1. The highest BCUT2D eigenvalue weighted by Crippen LogP contribution is 2.34. The molecule has 1 N–H and O–H groups in total. The summed E-state index contributed by atoms with van der Waals surface area (Å²) in [7, 11) is 0. The van der Waals surface area contributed by atoms with Crippen molar-refractivity contribution in [2.24, 2.45) is 0 Å². The van der Waals surface area contributed by atoms with Crippen molar-refractivity contribution >= 4 is 11.6 Å². The summed E-state index contributed by atoms with van der Waals surface area (Å²) in [6, 6.07) is 10.6. The molecule has 0 atom stereocenters. The Balaban J connectivity index is 1.42. The molecule has 2 aromatic rings. The van der Waals surface area contributed by atoms with E-state index < -0.39 is 4.92 Å². The van der Waals surface area contributed by atoms with Gasteiger partial charge < -0.3 is 19.5 Å². The molecular weight excluding hydrogens is 340 g/mol. The summed E-state index contributed by atoms with van der Waals surface area (Å²) in [5.41, 5.74) is 0.260. The number of ether oxygens (including phenoxy) is 3. The van der Waals surface area contributed by atoms with Crippen molar-refractivity contribution in [2.75, 3.05) is 19.9 Å². The number of nitro groups is 1. The van der Waals surface area contributed by atoms with E-state index in [-0.39, 0.29) is 31.5 Å². The number of nitrogens with one attached hydrogen (secondary N) is 1. The molecule has 1 heterocycles. The normalized spacial score (nSPS) is 11.2. The van der Waals surface area contributed by atoms with Gasteiger partial charge >= 0.3 is 0 Å². The van der Waals surface area contributed by atoms with Crippen molar-refractivity contribution in [2.45, 2.75) is 0 Å². The average Bonchev–Trinajstić information content (AvgIpc) is 3.12. The smallest absolute Gasteiger partial charge is 0.269 e. The topological polar surface area (TPSA) is 99.9 Å². The number of nitro benzene ring substituents is 1. The highest BCUT2D eigenvalue weighted by molar-refractivity contribution is 5.94. The number of nitrogens with zero attached hydrogens (tertiary/aromatic N) is 1. The standard InChI is InChI=1S/C18H14N2O6/c21-18(13-3-5-14(6-4-13)20(22)23)19-9-1-2-10-24-15-7-8-16-17(11-15)26-12-25-16/h3-8,11H,9-10,12H2,(H,19,21). The maximum Gasteiger partial charge on any atom is 0.269 e. The number of carbonyl (C=O) groups is 1. The van der Waals surface area contributed by atoms with Gasteiger partial charge in [-0.3, -0.25) is 14.9 Å². The molecule has 0 radical (unpaired) electrons. The van der Waals surface area contributed by atoms with Gasteiger partial charge in [0.2, 0.25) is 6.79 Å². The highest BCUT2D eigenvalue weighted by Gasteiger charge is 2.13. The number of benzene rings is 2. The molecule has 0 saturated carbocycles. The van der Waals surface area contributed by atoms with Crippen LogP contribution in [0.2, 0.25) is 0 Å². The molecule has 1 amide bonds. The van der Waals surface area contributed by atoms with Gasteiger partial charge in [-0.25, -0.2) is 0 Å². The lowest BCUT2D eigenvalue weighted by molar-refractivity contribution is -0.384. The zero-order valence-electron chi connectivity index (χ0n) is 13.6. The number of fused-ring (bicyclic) bond motifs is 1. The maximum absolute atomic E-state index is 11.9. The van der Waals surface area contributed by atoms with Gasteiger partial charge in [-0.05, 0) is 24.3 Å². The molecule has 8 heteroatoms. The minimum absolute atomic E-state index is 0.0676. The van der Waals surface area contributed by atoms with Crippen LogP contribution in [-0.4, -0.2) is 30.8 Å².